The molecule has 1 aromatic carbocycles. The van der Waals surface area contributed by atoms with E-state index in [-0.39, 0.29) is 18.4 Å². The molecule has 7 nitrogen and oxygen atoms in total. The van der Waals surface area contributed by atoms with Crippen molar-refractivity contribution < 1.29 is 24.2 Å². The lowest BCUT2D eigenvalue weighted by Crippen LogP contribution is -2.45. The minimum atomic E-state index is -0.918. The SMILES string of the molecule is O=C(O)C1C2CCCC2CN1C(=O)COc1ccc(Oc2ccccn2)cc1. The Labute approximate surface area is 162 Å². The van der Waals surface area contributed by atoms with Gasteiger partial charge in [0.15, 0.2) is 6.61 Å². The van der Waals surface area contributed by atoms with Crippen LogP contribution < -0.4 is 9.47 Å². The highest BCUT2D eigenvalue weighted by atomic mass is 16.5. The van der Waals surface area contributed by atoms with Crippen LogP contribution in [0.5, 0.6) is 17.4 Å². The highest BCUT2D eigenvalue weighted by Crippen LogP contribution is 2.42. The van der Waals surface area contributed by atoms with E-state index in [9.17, 15) is 14.7 Å². The van der Waals surface area contributed by atoms with Crippen molar-refractivity contribution in [1.29, 1.82) is 0 Å². The van der Waals surface area contributed by atoms with Gasteiger partial charge in [0.05, 0.1) is 0 Å². The Morgan fingerprint density at radius 2 is 1.89 bits per heavy atom. The zero-order valence-corrected chi connectivity index (χ0v) is 15.4. The van der Waals surface area contributed by atoms with Crippen LogP contribution >= 0.6 is 0 Å². The van der Waals surface area contributed by atoms with Gasteiger partial charge in [-0.15, -0.1) is 0 Å². The number of rotatable bonds is 6. The monoisotopic (exact) mass is 382 g/mol. The first-order valence-electron chi connectivity index (χ1n) is 9.46. The van der Waals surface area contributed by atoms with Gasteiger partial charge in [-0.2, -0.15) is 0 Å². The maximum absolute atomic E-state index is 12.6. The van der Waals surface area contributed by atoms with Crippen molar-refractivity contribution in [3.8, 4) is 17.4 Å². The number of carbonyl (C=O) groups excluding carboxylic acids is 1. The molecule has 3 atom stereocenters. The summed E-state index contributed by atoms with van der Waals surface area (Å²) >= 11 is 0. The quantitative estimate of drug-likeness (QED) is 0.826. The van der Waals surface area contributed by atoms with Gasteiger partial charge in [0.25, 0.3) is 5.91 Å². The normalized spacial score (nSPS) is 23.3. The zero-order valence-electron chi connectivity index (χ0n) is 15.4. The molecule has 2 aliphatic rings. The Kier molecular flexibility index (Phi) is 5.14. The van der Waals surface area contributed by atoms with Crippen molar-refractivity contribution in [1.82, 2.24) is 9.88 Å². The molecule has 28 heavy (non-hydrogen) atoms. The Hall–Kier alpha value is -3.09. The van der Waals surface area contributed by atoms with E-state index in [4.69, 9.17) is 9.47 Å². The predicted molar refractivity (Wildman–Crippen MR) is 100 cm³/mol. The van der Waals surface area contributed by atoms with Crippen LogP contribution in [0.2, 0.25) is 0 Å². The molecule has 1 saturated heterocycles. The highest BCUT2D eigenvalue weighted by Gasteiger charge is 2.49. The minimum absolute atomic E-state index is 0.0736. The first-order valence-corrected chi connectivity index (χ1v) is 9.46. The van der Waals surface area contributed by atoms with E-state index >= 15 is 0 Å². The van der Waals surface area contributed by atoms with E-state index in [0.29, 0.717) is 29.8 Å². The summed E-state index contributed by atoms with van der Waals surface area (Å²) in [6.45, 7) is 0.338. The number of carboxylic acids is 1. The topological polar surface area (TPSA) is 89.0 Å². The van der Waals surface area contributed by atoms with Crippen molar-refractivity contribution in [2.75, 3.05) is 13.2 Å². The molecule has 2 fully saturated rings. The molecule has 0 radical (unpaired) electrons. The molecule has 2 aromatic rings. The molecule has 2 heterocycles. The number of fused-ring (bicyclic) bond motifs is 1. The molecule has 0 spiro atoms. The Morgan fingerprint density at radius 3 is 2.61 bits per heavy atom. The predicted octanol–water partition coefficient (Wildman–Crippen LogP) is 2.96. The number of amides is 1. The number of pyridine rings is 1. The van der Waals surface area contributed by atoms with Crippen molar-refractivity contribution in [3.63, 3.8) is 0 Å². The summed E-state index contributed by atoms with van der Waals surface area (Å²) in [5.41, 5.74) is 0. The average molecular weight is 382 g/mol. The van der Waals surface area contributed by atoms with Crippen LogP contribution in [0, 0.1) is 11.8 Å². The molecule has 1 aliphatic carbocycles. The summed E-state index contributed by atoms with van der Waals surface area (Å²) in [6.07, 6.45) is 4.57. The number of aromatic nitrogens is 1. The van der Waals surface area contributed by atoms with E-state index in [2.05, 4.69) is 4.98 Å². The number of hydrogen-bond acceptors (Lipinski definition) is 5. The fraction of sp³-hybridized carbons (Fsp3) is 0.381. The van der Waals surface area contributed by atoms with Gasteiger partial charge in [-0.05, 0) is 55.0 Å². The van der Waals surface area contributed by atoms with E-state index in [1.165, 1.54) is 4.90 Å². The Balaban J connectivity index is 1.34. The average Bonchev–Trinajstić information content (AvgIpc) is 3.29. The van der Waals surface area contributed by atoms with E-state index < -0.39 is 12.0 Å². The molecular weight excluding hydrogens is 360 g/mol. The first kappa shape index (κ1) is 18.3. The third kappa shape index (κ3) is 3.78. The van der Waals surface area contributed by atoms with Gasteiger partial charge >= 0.3 is 5.97 Å². The lowest BCUT2D eigenvalue weighted by molar-refractivity contribution is -0.150. The molecule has 1 aromatic heterocycles. The number of hydrogen-bond donors (Lipinski definition) is 1. The summed E-state index contributed by atoms with van der Waals surface area (Å²) in [6, 6.07) is 11.6. The van der Waals surface area contributed by atoms with Crippen LogP contribution in [-0.2, 0) is 9.59 Å². The number of likely N-dealkylation sites (tertiary alicyclic amines) is 1. The molecule has 1 amide bonds. The maximum atomic E-state index is 12.6. The van der Waals surface area contributed by atoms with Crippen molar-refractivity contribution in [2.45, 2.75) is 25.3 Å². The molecule has 3 unspecified atom stereocenters. The third-order valence-corrected chi connectivity index (χ3v) is 5.51. The van der Waals surface area contributed by atoms with Crippen LogP contribution in [0.1, 0.15) is 19.3 Å². The fourth-order valence-electron chi connectivity index (χ4n) is 4.24. The second-order valence-corrected chi connectivity index (χ2v) is 7.21. The smallest absolute Gasteiger partial charge is 0.326 e. The van der Waals surface area contributed by atoms with Gasteiger partial charge in [-0.3, -0.25) is 4.79 Å². The van der Waals surface area contributed by atoms with Gasteiger partial charge in [0, 0.05) is 18.8 Å². The molecule has 1 aliphatic heterocycles. The van der Waals surface area contributed by atoms with Crippen LogP contribution in [0.3, 0.4) is 0 Å². The molecular formula is C21H22N2O5. The van der Waals surface area contributed by atoms with E-state index in [1.807, 2.05) is 12.1 Å². The lowest BCUT2D eigenvalue weighted by Gasteiger charge is -2.24. The Morgan fingerprint density at radius 1 is 1.11 bits per heavy atom. The van der Waals surface area contributed by atoms with Gasteiger partial charge in [-0.1, -0.05) is 12.5 Å². The van der Waals surface area contributed by atoms with Gasteiger partial charge in [-0.25, -0.2) is 9.78 Å². The number of nitrogens with zero attached hydrogens (tertiary/aromatic N) is 2. The summed E-state index contributed by atoms with van der Waals surface area (Å²) in [7, 11) is 0. The number of benzene rings is 1. The second-order valence-electron chi connectivity index (χ2n) is 7.21. The first-order chi connectivity index (χ1) is 13.6. The van der Waals surface area contributed by atoms with Crippen molar-refractivity contribution in [2.24, 2.45) is 11.8 Å². The molecule has 0 bridgehead atoms. The molecule has 146 valence electrons. The largest absolute Gasteiger partial charge is 0.484 e. The summed E-state index contributed by atoms with van der Waals surface area (Å²) in [4.78, 5) is 29.8. The van der Waals surface area contributed by atoms with Gasteiger partial charge in [0.1, 0.15) is 17.5 Å². The number of aliphatic carboxylic acids is 1. The minimum Gasteiger partial charge on any atom is -0.484 e. The van der Waals surface area contributed by atoms with Crippen molar-refractivity contribution >= 4 is 11.9 Å². The van der Waals surface area contributed by atoms with E-state index in [0.717, 1.165) is 19.3 Å². The lowest BCUT2D eigenvalue weighted by atomic mass is 9.94. The molecule has 1 N–H and O–H groups in total. The van der Waals surface area contributed by atoms with Crippen LogP contribution in [0.15, 0.2) is 48.7 Å². The van der Waals surface area contributed by atoms with Crippen molar-refractivity contribution in [3.05, 3.63) is 48.7 Å². The maximum Gasteiger partial charge on any atom is 0.326 e. The summed E-state index contributed by atoms with van der Waals surface area (Å²) < 4.78 is 11.2. The van der Waals surface area contributed by atoms with Crippen LogP contribution in [0.4, 0.5) is 0 Å². The molecule has 1 saturated carbocycles. The summed E-state index contributed by atoms with van der Waals surface area (Å²) in [5, 5.41) is 9.56. The number of ether oxygens (including phenoxy) is 2. The molecule has 7 heteroatoms. The summed E-state index contributed by atoms with van der Waals surface area (Å²) in [5.74, 6) is 0.793. The zero-order chi connectivity index (χ0) is 19.5. The van der Waals surface area contributed by atoms with Gasteiger partial charge < -0.3 is 19.5 Å². The highest BCUT2D eigenvalue weighted by molar-refractivity contribution is 5.85. The standard InChI is InChI=1S/C21H22N2O5/c24-19(23-12-14-4-3-5-17(14)20(23)21(25)26)13-27-15-7-9-16(10-8-15)28-18-6-1-2-11-22-18/h1-2,6-11,14,17,20H,3-5,12-13H2,(H,25,26). The van der Waals surface area contributed by atoms with E-state index in [1.54, 1.807) is 36.5 Å². The van der Waals surface area contributed by atoms with Crippen LogP contribution in [0.25, 0.3) is 0 Å². The van der Waals surface area contributed by atoms with Crippen LogP contribution in [-0.4, -0.2) is 46.1 Å². The fourth-order valence-corrected chi connectivity index (χ4v) is 4.24. The van der Waals surface area contributed by atoms with Gasteiger partial charge in [0.2, 0.25) is 5.88 Å². The number of carboxylic acid groups (broad SMARTS) is 1. The third-order valence-electron chi connectivity index (χ3n) is 5.51. The molecule has 4 rings (SSSR count). The second kappa shape index (κ2) is 7.88. The Bertz CT molecular complexity index is 840. The number of carbonyl (C=O) groups is 2.